The molecule has 3 amide bonds. The molecule has 2 aromatic carbocycles. The number of aromatic hydroxyl groups is 1. The Bertz CT molecular complexity index is 1140. The first kappa shape index (κ1) is 22.6. The van der Waals surface area contributed by atoms with Crippen LogP contribution in [0.4, 0.5) is 11.4 Å². The van der Waals surface area contributed by atoms with Crippen LogP contribution in [0.25, 0.3) is 0 Å². The summed E-state index contributed by atoms with van der Waals surface area (Å²) in [5.41, 5.74) is 4.01. The summed E-state index contributed by atoms with van der Waals surface area (Å²) in [5.74, 6) is -0.459. The molecule has 0 saturated carbocycles. The Balaban J connectivity index is 1.65. The molecular weight excluding hydrogens is 420 g/mol. The molecule has 4 rings (SSSR count). The second kappa shape index (κ2) is 8.77. The monoisotopic (exact) mass is 448 g/mol. The van der Waals surface area contributed by atoms with E-state index in [-0.39, 0.29) is 36.6 Å². The van der Waals surface area contributed by atoms with Gasteiger partial charge in [-0.2, -0.15) is 10.2 Å². The maximum absolute atomic E-state index is 13.0. The molecule has 1 fully saturated rings. The number of carbonyl (C=O) groups is 3. The quantitative estimate of drug-likeness (QED) is 0.505. The van der Waals surface area contributed by atoms with Gasteiger partial charge in [-0.1, -0.05) is 33.8 Å². The van der Waals surface area contributed by atoms with Crippen molar-refractivity contribution >= 4 is 29.1 Å². The Morgan fingerprint density at radius 3 is 2.30 bits per heavy atom. The van der Waals surface area contributed by atoms with Gasteiger partial charge in [0.2, 0.25) is 11.8 Å². The number of nitrogens with zero attached hydrogens (tertiary/aromatic N) is 3. The highest BCUT2D eigenvalue weighted by atomic mass is 16.3. The summed E-state index contributed by atoms with van der Waals surface area (Å²) >= 11 is 0. The van der Waals surface area contributed by atoms with Gasteiger partial charge in [-0.15, -0.1) is 0 Å². The van der Waals surface area contributed by atoms with Crippen molar-refractivity contribution in [2.45, 2.75) is 65.0 Å². The van der Waals surface area contributed by atoms with Crippen molar-refractivity contribution in [3.8, 4) is 5.75 Å². The first-order valence-corrected chi connectivity index (χ1v) is 11.2. The number of benzene rings is 2. The Morgan fingerprint density at radius 2 is 1.70 bits per heavy atom. The highest BCUT2D eigenvalue weighted by molar-refractivity contribution is 6.06. The number of piperidine rings is 1. The fraction of sp³-hybridized carbons (Fsp3) is 0.400. The second-order valence-corrected chi connectivity index (χ2v) is 9.19. The van der Waals surface area contributed by atoms with Gasteiger partial charge in [0.25, 0.3) is 5.91 Å². The summed E-state index contributed by atoms with van der Waals surface area (Å²) in [7, 11) is 0. The van der Waals surface area contributed by atoms with Gasteiger partial charge in [-0.25, -0.2) is 0 Å². The molecule has 2 heterocycles. The molecule has 0 aromatic heterocycles. The molecule has 2 aliphatic heterocycles. The topological polar surface area (TPSA) is 111 Å². The zero-order chi connectivity index (χ0) is 23.9. The van der Waals surface area contributed by atoms with Crippen LogP contribution in [-0.4, -0.2) is 33.8 Å². The average molecular weight is 449 g/mol. The number of rotatable bonds is 5. The Labute approximate surface area is 192 Å². The fourth-order valence-corrected chi connectivity index (χ4v) is 4.38. The lowest BCUT2D eigenvalue weighted by molar-refractivity contribution is -0.136. The average Bonchev–Trinajstić information content (AvgIpc) is 3.09. The molecule has 1 unspecified atom stereocenters. The predicted molar refractivity (Wildman–Crippen MR) is 123 cm³/mol. The maximum Gasteiger partial charge on any atom is 0.255 e. The molecule has 0 spiro atoms. The molecule has 1 saturated heterocycles. The number of amides is 3. The molecular formula is C25H28N4O4. The zero-order valence-corrected chi connectivity index (χ0v) is 19.3. The molecule has 2 N–H and O–H groups in total. The molecule has 8 heteroatoms. The van der Waals surface area contributed by atoms with E-state index in [4.69, 9.17) is 0 Å². The normalized spacial score (nSPS) is 18.5. The summed E-state index contributed by atoms with van der Waals surface area (Å²) in [6.07, 6.45) is 0.519. The van der Waals surface area contributed by atoms with E-state index in [1.807, 2.05) is 39.8 Å². The third kappa shape index (κ3) is 4.25. The van der Waals surface area contributed by atoms with E-state index in [0.717, 1.165) is 11.1 Å². The molecule has 0 aliphatic carbocycles. The van der Waals surface area contributed by atoms with Crippen LogP contribution in [0.15, 0.2) is 40.6 Å². The number of carbonyl (C=O) groups excluding carboxylic acids is 3. The number of imide groups is 1. The highest BCUT2D eigenvalue weighted by Gasteiger charge is 2.39. The van der Waals surface area contributed by atoms with E-state index in [0.29, 0.717) is 34.7 Å². The smallest absolute Gasteiger partial charge is 0.255 e. The van der Waals surface area contributed by atoms with Crippen LogP contribution in [0.3, 0.4) is 0 Å². The van der Waals surface area contributed by atoms with Crippen LogP contribution in [0.2, 0.25) is 0 Å². The van der Waals surface area contributed by atoms with Crippen molar-refractivity contribution in [3.05, 3.63) is 52.6 Å². The van der Waals surface area contributed by atoms with E-state index >= 15 is 0 Å². The van der Waals surface area contributed by atoms with Crippen LogP contribution in [0, 0.1) is 0 Å². The van der Waals surface area contributed by atoms with Gasteiger partial charge in [0.15, 0.2) is 0 Å². The number of azo groups is 1. The summed E-state index contributed by atoms with van der Waals surface area (Å²) in [6.45, 7) is 8.29. The van der Waals surface area contributed by atoms with E-state index in [2.05, 4.69) is 15.5 Å². The molecule has 172 valence electrons. The predicted octanol–water partition coefficient (Wildman–Crippen LogP) is 4.82. The maximum atomic E-state index is 13.0. The number of hydrogen-bond acceptors (Lipinski definition) is 6. The molecule has 33 heavy (non-hydrogen) atoms. The third-order valence-electron chi connectivity index (χ3n) is 6.23. The minimum atomic E-state index is -0.674. The number of hydrogen-bond donors (Lipinski definition) is 2. The van der Waals surface area contributed by atoms with E-state index < -0.39 is 11.9 Å². The van der Waals surface area contributed by atoms with E-state index in [1.54, 1.807) is 18.2 Å². The molecule has 8 nitrogen and oxygen atoms in total. The Morgan fingerprint density at radius 1 is 1.03 bits per heavy atom. The fourth-order valence-electron chi connectivity index (χ4n) is 4.38. The van der Waals surface area contributed by atoms with Gasteiger partial charge in [-0.3, -0.25) is 19.7 Å². The number of nitrogens with one attached hydrogen (secondary N) is 1. The number of phenolic OH excluding ortho intramolecular Hbond substituents is 1. The third-order valence-corrected chi connectivity index (χ3v) is 6.23. The van der Waals surface area contributed by atoms with Crippen molar-refractivity contribution in [1.29, 1.82) is 0 Å². The highest BCUT2D eigenvalue weighted by Crippen LogP contribution is 2.39. The van der Waals surface area contributed by atoms with Gasteiger partial charge in [0.05, 0.1) is 11.4 Å². The van der Waals surface area contributed by atoms with Crippen LogP contribution in [-0.2, 0) is 16.1 Å². The SMILES string of the molecule is CC(C)c1cc(N=Nc2cccc3c2CN(C2CCC(=O)NC2=O)C3=O)cc(C(C)C)c1O. The Hall–Kier alpha value is -3.55. The minimum Gasteiger partial charge on any atom is -0.507 e. The number of phenols is 1. The van der Waals surface area contributed by atoms with Crippen LogP contribution < -0.4 is 5.32 Å². The van der Waals surface area contributed by atoms with Crippen LogP contribution >= 0.6 is 0 Å². The molecule has 2 aromatic rings. The minimum absolute atomic E-state index is 0.123. The lowest BCUT2D eigenvalue weighted by Crippen LogP contribution is -2.52. The standard InChI is InChI=1S/C25H28N4O4/c1-13(2)17-10-15(11-18(14(3)4)23(17)31)27-28-20-7-5-6-16-19(20)12-29(25(16)33)21-8-9-22(30)26-24(21)32/h5-7,10-11,13-14,21,31H,8-9,12H2,1-4H3,(H,26,30,32). The number of fused-ring (bicyclic) bond motifs is 1. The van der Waals surface area contributed by atoms with Crippen molar-refractivity contribution < 1.29 is 19.5 Å². The molecule has 0 bridgehead atoms. The van der Waals surface area contributed by atoms with Gasteiger partial charge in [-0.05, 0) is 53.6 Å². The first-order valence-electron chi connectivity index (χ1n) is 11.2. The molecule has 2 aliphatic rings. The van der Waals surface area contributed by atoms with Crippen molar-refractivity contribution in [1.82, 2.24) is 10.2 Å². The summed E-state index contributed by atoms with van der Waals surface area (Å²) < 4.78 is 0. The van der Waals surface area contributed by atoms with Crippen molar-refractivity contribution in [3.63, 3.8) is 0 Å². The van der Waals surface area contributed by atoms with Gasteiger partial charge >= 0.3 is 0 Å². The second-order valence-electron chi connectivity index (χ2n) is 9.19. The summed E-state index contributed by atoms with van der Waals surface area (Å²) in [5, 5.41) is 21.8. The largest absolute Gasteiger partial charge is 0.507 e. The van der Waals surface area contributed by atoms with Crippen LogP contribution in [0.5, 0.6) is 5.75 Å². The lowest BCUT2D eigenvalue weighted by Gasteiger charge is -2.29. The van der Waals surface area contributed by atoms with E-state index in [1.165, 1.54) is 4.90 Å². The molecule has 1 atom stereocenters. The Kier molecular flexibility index (Phi) is 6.01. The van der Waals surface area contributed by atoms with E-state index in [9.17, 15) is 19.5 Å². The van der Waals surface area contributed by atoms with Gasteiger partial charge in [0.1, 0.15) is 11.8 Å². The summed E-state index contributed by atoms with van der Waals surface area (Å²) in [6, 6.07) is 8.24. The van der Waals surface area contributed by atoms with Crippen LogP contribution in [0.1, 0.15) is 79.4 Å². The lowest BCUT2D eigenvalue weighted by atomic mass is 9.93. The zero-order valence-electron chi connectivity index (χ0n) is 19.3. The van der Waals surface area contributed by atoms with Crippen molar-refractivity contribution in [2.24, 2.45) is 10.2 Å². The van der Waals surface area contributed by atoms with Gasteiger partial charge < -0.3 is 10.0 Å². The van der Waals surface area contributed by atoms with Gasteiger partial charge in [0, 0.05) is 24.1 Å². The van der Waals surface area contributed by atoms with Crippen molar-refractivity contribution in [2.75, 3.05) is 0 Å². The molecule has 0 radical (unpaired) electrons. The summed E-state index contributed by atoms with van der Waals surface area (Å²) in [4.78, 5) is 38.3. The first-order chi connectivity index (χ1) is 15.7.